The molecule has 1 aromatic carbocycles. The molecule has 34 heavy (non-hydrogen) atoms. The second kappa shape index (κ2) is 13.6. The molecular weight excluding hydrogens is 446 g/mol. The van der Waals surface area contributed by atoms with Crippen molar-refractivity contribution in [1.29, 1.82) is 0 Å². The number of amides is 2. The Kier molecular flexibility index (Phi) is 10.5. The third-order valence-corrected chi connectivity index (χ3v) is 7.47. The first-order chi connectivity index (χ1) is 16.5. The Labute approximate surface area is 208 Å². The van der Waals surface area contributed by atoms with Gasteiger partial charge in [-0.05, 0) is 37.0 Å². The van der Waals surface area contributed by atoms with Crippen molar-refractivity contribution in [3.63, 3.8) is 0 Å². The van der Waals surface area contributed by atoms with E-state index in [0.717, 1.165) is 52.4 Å². The maximum Gasteiger partial charge on any atom is 0.309 e. The first-order valence-electron chi connectivity index (χ1n) is 12.4. The lowest BCUT2D eigenvalue weighted by Crippen LogP contribution is -2.53. The minimum absolute atomic E-state index is 0.0475. The second-order valence-corrected chi connectivity index (χ2v) is 9.78. The number of nitrogens with zero attached hydrogens (tertiary/aromatic N) is 3. The van der Waals surface area contributed by atoms with Crippen molar-refractivity contribution in [3.05, 3.63) is 58.3 Å². The molecule has 1 aliphatic heterocycles. The van der Waals surface area contributed by atoms with Gasteiger partial charge in [-0.25, -0.2) is 0 Å². The third kappa shape index (κ3) is 7.63. The summed E-state index contributed by atoms with van der Waals surface area (Å²) in [5, 5.41) is 7.80. The molecule has 0 unspecified atom stereocenters. The fourth-order valence-electron chi connectivity index (χ4n) is 4.54. The average Bonchev–Trinajstić information content (AvgIpc) is 3.38. The van der Waals surface area contributed by atoms with Crippen molar-refractivity contribution in [2.24, 2.45) is 0 Å². The quantitative estimate of drug-likeness (QED) is 0.479. The Morgan fingerprint density at radius 2 is 1.71 bits per heavy atom. The van der Waals surface area contributed by atoms with Gasteiger partial charge in [0, 0.05) is 56.7 Å². The van der Waals surface area contributed by atoms with Gasteiger partial charge in [0.1, 0.15) is 0 Å². The summed E-state index contributed by atoms with van der Waals surface area (Å²) in [7, 11) is 0. The predicted octanol–water partition coefficient (Wildman–Crippen LogP) is 2.57. The van der Waals surface area contributed by atoms with Crippen LogP contribution in [0, 0.1) is 0 Å². The van der Waals surface area contributed by atoms with E-state index in [0.29, 0.717) is 6.54 Å². The molecule has 7 nitrogen and oxygen atoms in total. The second-order valence-electron chi connectivity index (χ2n) is 8.80. The molecule has 0 spiro atoms. The lowest BCUT2D eigenvalue weighted by Gasteiger charge is -2.41. The number of carbonyl (C=O) groups excluding carboxylic acids is 2. The van der Waals surface area contributed by atoms with Gasteiger partial charge in [0.25, 0.3) is 0 Å². The minimum atomic E-state index is -0.559. The van der Waals surface area contributed by atoms with Crippen LogP contribution < -0.4 is 10.6 Å². The molecule has 186 valence electrons. The van der Waals surface area contributed by atoms with E-state index < -0.39 is 11.8 Å². The first kappa shape index (κ1) is 26.3. The molecule has 8 heteroatoms. The van der Waals surface area contributed by atoms with Gasteiger partial charge in [0.2, 0.25) is 0 Å². The zero-order valence-corrected chi connectivity index (χ0v) is 21.5. The van der Waals surface area contributed by atoms with Crippen LogP contribution in [0.5, 0.6) is 0 Å². The third-order valence-electron chi connectivity index (χ3n) is 6.53. The summed E-state index contributed by atoms with van der Waals surface area (Å²) in [6.07, 6.45) is 0. The van der Waals surface area contributed by atoms with Gasteiger partial charge in [0.15, 0.2) is 0 Å². The fraction of sp³-hybridized carbons (Fsp3) is 0.538. The molecule has 2 amide bonds. The van der Waals surface area contributed by atoms with E-state index in [9.17, 15) is 9.59 Å². The monoisotopic (exact) mass is 485 g/mol. The Hall–Kier alpha value is -2.26. The Morgan fingerprint density at radius 3 is 2.32 bits per heavy atom. The van der Waals surface area contributed by atoms with E-state index in [4.69, 9.17) is 0 Å². The molecular formula is C26H39N5O2S. The first-order valence-corrected chi connectivity index (χ1v) is 13.2. The van der Waals surface area contributed by atoms with E-state index in [1.807, 2.05) is 19.1 Å². The molecule has 0 bridgehead atoms. The van der Waals surface area contributed by atoms with Crippen LogP contribution in [0.15, 0.2) is 47.8 Å². The van der Waals surface area contributed by atoms with E-state index in [-0.39, 0.29) is 12.1 Å². The lowest BCUT2D eigenvalue weighted by atomic mass is 10.0. The summed E-state index contributed by atoms with van der Waals surface area (Å²) in [5.74, 6) is -1.12. The molecule has 0 aliphatic carbocycles. The van der Waals surface area contributed by atoms with Crippen molar-refractivity contribution in [3.8, 4) is 0 Å². The Balaban J connectivity index is 1.54. The summed E-state index contributed by atoms with van der Waals surface area (Å²) < 4.78 is 0. The van der Waals surface area contributed by atoms with Crippen LogP contribution in [0.4, 0.5) is 0 Å². The molecule has 1 fully saturated rings. The van der Waals surface area contributed by atoms with Gasteiger partial charge in [-0.2, -0.15) is 0 Å². The highest BCUT2D eigenvalue weighted by Crippen LogP contribution is 2.29. The van der Waals surface area contributed by atoms with Crippen molar-refractivity contribution >= 4 is 23.2 Å². The highest BCUT2D eigenvalue weighted by molar-refractivity contribution is 7.10. The van der Waals surface area contributed by atoms with E-state index in [1.54, 1.807) is 11.3 Å². The number of nitrogens with one attached hydrogen (secondary N) is 2. The van der Waals surface area contributed by atoms with Crippen LogP contribution in [0.25, 0.3) is 0 Å². The van der Waals surface area contributed by atoms with E-state index in [2.05, 4.69) is 74.9 Å². The van der Waals surface area contributed by atoms with Crippen molar-refractivity contribution in [2.75, 3.05) is 52.4 Å². The molecule has 3 rings (SSSR count). The van der Waals surface area contributed by atoms with Gasteiger partial charge >= 0.3 is 11.8 Å². The Bertz CT molecular complexity index is 865. The normalized spacial score (nSPS) is 16.8. The molecule has 1 saturated heterocycles. The van der Waals surface area contributed by atoms with E-state index in [1.165, 1.54) is 10.4 Å². The van der Waals surface area contributed by atoms with Crippen LogP contribution in [0.1, 0.15) is 37.3 Å². The van der Waals surface area contributed by atoms with Crippen LogP contribution in [-0.2, 0) is 16.1 Å². The van der Waals surface area contributed by atoms with Gasteiger partial charge in [-0.1, -0.05) is 50.2 Å². The molecule has 1 aromatic heterocycles. The van der Waals surface area contributed by atoms with Crippen LogP contribution in [-0.4, -0.2) is 84.9 Å². The average molecular weight is 486 g/mol. The molecule has 0 saturated carbocycles. The number of benzene rings is 1. The van der Waals surface area contributed by atoms with Crippen LogP contribution >= 0.6 is 11.3 Å². The van der Waals surface area contributed by atoms with Gasteiger partial charge in [0.05, 0.1) is 6.04 Å². The fourth-order valence-corrected chi connectivity index (χ4v) is 5.51. The highest BCUT2D eigenvalue weighted by Gasteiger charge is 2.31. The maximum atomic E-state index is 12.6. The zero-order valence-electron chi connectivity index (χ0n) is 20.7. The molecule has 2 N–H and O–H groups in total. The summed E-state index contributed by atoms with van der Waals surface area (Å²) in [6.45, 7) is 14.0. The zero-order chi connectivity index (χ0) is 24.3. The van der Waals surface area contributed by atoms with Gasteiger partial charge in [-0.3, -0.25) is 19.4 Å². The van der Waals surface area contributed by atoms with E-state index >= 15 is 0 Å². The number of hydrogen-bond acceptors (Lipinski definition) is 6. The van der Waals surface area contributed by atoms with Crippen LogP contribution in [0.2, 0.25) is 0 Å². The highest BCUT2D eigenvalue weighted by atomic mass is 32.1. The minimum Gasteiger partial charge on any atom is -0.347 e. The number of hydrogen-bond donors (Lipinski definition) is 2. The maximum absolute atomic E-state index is 12.6. The Morgan fingerprint density at radius 1 is 1.00 bits per heavy atom. The predicted molar refractivity (Wildman–Crippen MR) is 139 cm³/mol. The molecule has 2 heterocycles. The lowest BCUT2D eigenvalue weighted by molar-refractivity contribution is -0.139. The topological polar surface area (TPSA) is 67.9 Å². The SMILES string of the molecule is CCN(CC)CCNC(=O)C(=O)N[C@@H](C)[C@@H](c1cccs1)N1CCN(Cc2ccccc2)CC1. The summed E-state index contributed by atoms with van der Waals surface area (Å²) in [4.78, 5) is 33.3. The van der Waals surface area contributed by atoms with Gasteiger partial charge < -0.3 is 15.5 Å². The standard InChI is InChI=1S/C26H39N5O2S/c1-4-29(5-2)14-13-27-25(32)26(33)28-21(3)24(23-12-9-19-34-23)31-17-15-30(16-18-31)20-22-10-7-6-8-11-22/h6-12,19,21,24H,4-5,13-18,20H2,1-3H3,(H,27,32)(H,28,33)/t21-,24-/m0/s1. The number of rotatable bonds is 11. The van der Waals surface area contributed by atoms with Crippen molar-refractivity contribution in [1.82, 2.24) is 25.3 Å². The number of thiophene rings is 1. The van der Waals surface area contributed by atoms with Gasteiger partial charge in [-0.15, -0.1) is 11.3 Å². The summed E-state index contributed by atoms with van der Waals surface area (Å²) >= 11 is 1.70. The van der Waals surface area contributed by atoms with Crippen LogP contribution in [0.3, 0.4) is 0 Å². The largest absolute Gasteiger partial charge is 0.347 e. The van der Waals surface area contributed by atoms with Crippen molar-refractivity contribution < 1.29 is 9.59 Å². The summed E-state index contributed by atoms with van der Waals surface area (Å²) in [5.41, 5.74) is 1.33. The number of likely N-dealkylation sites (N-methyl/N-ethyl adjacent to an activating group) is 1. The number of piperazine rings is 1. The molecule has 1 aliphatic rings. The van der Waals surface area contributed by atoms with Crippen molar-refractivity contribution in [2.45, 2.75) is 39.4 Å². The summed E-state index contributed by atoms with van der Waals surface area (Å²) in [6, 6.07) is 14.6. The molecule has 2 aromatic rings. The smallest absolute Gasteiger partial charge is 0.309 e. The molecule has 2 atom stereocenters. The number of carbonyl (C=O) groups is 2. The molecule has 0 radical (unpaired) electrons.